The van der Waals surface area contributed by atoms with E-state index in [1.54, 1.807) is 0 Å². The molecular weight excluding hydrogens is 234 g/mol. The van der Waals surface area contributed by atoms with Gasteiger partial charge in [-0.1, -0.05) is 42.5 Å². The fraction of sp³-hybridized carbons (Fsp3) is 0. The van der Waals surface area contributed by atoms with Crippen LogP contribution in [0.2, 0.25) is 0 Å². The molecule has 0 fully saturated rings. The number of pyridine rings is 1. The van der Waals surface area contributed by atoms with Crippen LogP contribution in [0.1, 0.15) is 0 Å². The van der Waals surface area contributed by atoms with Crippen LogP contribution < -0.4 is 0 Å². The van der Waals surface area contributed by atoms with Crippen LogP contribution in [-0.4, -0.2) is 15.2 Å². The van der Waals surface area contributed by atoms with Crippen molar-refractivity contribution < 1.29 is 0 Å². The SMILES string of the molecule is [c]1nc(-c2n[nH]c3ccccc23)cc2ccccc12. The third kappa shape index (κ3) is 1.59. The van der Waals surface area contributed by atoms with Gasteiger partial charge < -0.3 is 0 Å². The van der Waals surface area contributed by atoms with E-state index >= 15 is 0 Å². The second kappa shape index (κ2) is 3.92. The monoisotopic (exact) mass is 244 g/mol. The number of hydrogen-bond donors (Lipinski definition) is 1. The van der Waals surface area contributed by atoms with Crippen LogP contribution in [0.15, 0.2) is 54.6 Å². The van der Waals surface area contributed by atoms with E-state index in [-0.39, 0.29) is 0 Å². The Kier molecular flexibility index (Phi) is 2.12. The molecule has 89 valence electrons. The van der Waals surface area contributed by atoms with Crippen LogP contribution in [0.25, 0.3) is 33.1 Å². The third-order valence-corrected chi connectivity index (χ3v) is 3.26. The third-order valence-electron chi connectivity index (χ3n) is 3.26. The molecule has 4 aromatic rings. The number of hydrogen-bond acceptors (Lipinski definition) is 2. The Morgan fingerprint density at radius 2 is 1.79 bits per heavy atom. The molecule has 1 N–H and O–H groups in total. The van der Waals surface area contributed by atoms with Crippen molar-refractivity contribution in [1.82, 2.24) is 15.2 Å². The van der Waals surface area contributed by atoms with Gasteiger partial charge in [-0.3, -0.25) is 5.10 Å². The zero-order chi connectivity index (χ0) is 12.7. The molecule has 0 aliphatic rings. The first kappa shape index (κ1) is 10.3. The van der Waals surface area contributed by atoms with Crippen molar-refractivity contribution in [2.75, 3.05) is 0 Å². The largest absolute Gasteiger partial charge is 0.277 e. The van der Waals surface area contributed by atoms with Crippen LogP contribution in [-0.2, 0) is 0 Å². The van der Waals surface area contributed by atoms with Crippen molar-refractivity contribution in [2.24, 2.45) is 0 Å². The Bertz CT molecular complexity index is 877. The Balaban J connectivity index is 1.99. The zero-order valence-electron chi connectivity index (χ0n) is 10.1. The van der Waals surface area contributed by atoms with Crippen LogP contribution in [0.4, 0.5) is 0 Å². The molecule has 3 heteroatoms. The molecule has 2 aromatic carbocycles. The van der Waals surface area contributed by atoms with E-state index < -0.39 is 0 Å². The average Bonchev–Trinajstić information content (AvgIpc) is 2.91. The van der Waals surface area contributed by atoms with Gasteiger partial charge >= 0.3 is 0 Å². The molecule has 4 rings (SSSR count). The maximum atomic E-state index is 4.39. The number of nitrogens with one attached hydrogen (secondary N) is 1. The van der Waals surface area contributed by atoms with Gasteiger partial charge in [0, 0.05) is 10.8 Å². The van der Waals surface area contributed by atoms with Gasteiger partial charge in [0.15, 0.2) is 0 Å². The molecule has 0 aliphatic carbocycles. The first-order chi connectivity index (χ1) is 9.42. The Morgan fingerprint density at radius 3 is 2.79 bits per heavy atom. The van der Waals surface area contributed by atoms with Gasteiger partial charge in [-0.05, 0) is 17.5 Å². The molecule has 0 atom stereocenters. The van der Waals surface area contributed by atoms with E-state index in [2.05, 4.69) is 33.5 Å². The summed E-state index contributed by atoms with van der Waals surface area (Å²) in [5.41, 5.74) is 2.74. The maximum Gasteiger partial charge on any atom is 0.118 e. The average molecular weight is 244 g/mol. The molecule has 2 heterocycles. The van der Waals surface area contributed by atoms with E-state index in [0.29, 0.717) is 0 Å². The van der Waals surface area contributed by atoms with E-state index in [1.807, 2.05) is 42.5 Å². The zero-order valence-corrected chi connectivity index (χ0v) is 10.1. The Morgan fingerprint density at radius 1 is 0.947 bits per heavy atom. The van der Waals surface area contributed by atoms with Crippen LogP contribution in [0, 0.1) is 6.20 Å². The summed E-state index contributed by atoms with van der Waals surface area (Å²) in [4.78, 5) is 4.39. The lowest BCUT2D eigenvalue weighted by Gasteiger charge is -2.00. The smallest absolute Gasteiger partial charge is 0.118 e. The summed E-state index contributed by atoms with van der Waals surface area (Å²) >= 11 is 0. The number of rotatable bonds is 1. The number of aromatic nitrogens is 3. The first-order valence-corrected chi connectivity index (χ1v) is 6.13. The van der Waals surface area contributed by atoms with Gasteiger partial charge in [-0.25, -0.2) is 4.98 Å². The highest BCUT2D eigenvalue weighted by molar-refractivity contribution is 5.94. The topological polar surface area (TPSA) is 41.6 Å². The summed E-state index contributed by atoms with van der Waals surface area (Å²) in [5, 5.41) is 10.6. The minimum Gasteiger partial charge on any atom is -0.277 e. The summed E-state index contributed by atoms with van der Waals surface area (Å²) in [6.45, 7) is 0. The van der Waals surface area contributed by atoms with Gasteiger partial charge in [0.1, 0.15) is 5.69 Å². The van der Waals surface area contributed by atoms with Crippen LogP contribution in [0.5, 0.6) is 0 Å². The molecule has 19 heavy (non-hydrogen) atoms. The van der Waals surface area contributed by atoms with E-state index in [9.17, 15) is 0 Å². The van der Waals surface area contributed by atoms with Crippen molar-refractivity contribution in [3.63, 3.8) is 0 Å². The predicted octanol–water partition coefficient (Wildman–Crippen LogP) is 3.58. The molecule has 3 nitrogen and oxygen atoms in total. The first-order valence-electron chi connectivity index (χ1n) is 6.13. The summed E-state index contributed by atoms with van der Waals surface area (Å²) in [5.74, 6) is 0. The molecule has 2 aromatic heterocycles. The Hall–Kier alpha value is -2.68. The highest BCUT2D eigenvalue weighted by atomic mass is 15.1. The van der Waals surface area contributed by atoms with E-state index in [0.717, 1.165) is 33.1 Å². The highest BCUT2D eigenvalue weighted by Crippen LogP contribution is 2.26. The number of fused-ring (bicyclic) bond motifs is 2. The second-order valence-electron chi connectivity index (χ2n) is 4.46. The molecule has 0 bridgehead atoms. The minimum atomic E-state index is 0.844. The molecule has 0 amide bonds. The molecule has 0 spiro atoms. The molecule has 0 saturated carbocycles. The number of nitrogens with zero attached hydrogens (tertiary/aromatic N) is 2. The summed E-state index contributed by atoms with van der Waals surface area (Å²) in [6, 6.07) is 18.2. The predicted molar refractivity (Wildman–Crippen MR) is 75.7 cm³/mol. The van der Waals surface area contributed by atoms with Gasteiger partial charge in [0.2, 0.25) is 0 Å². The normalized spacial score (nSPS) is 11.2. The number of H-pyrrole nitrogens is 1. The van der Waals surface area contributed by atoms with Crippen molar-refractivity contribution in [2.45, 2.75) is 0 Å². The van der Waals surface area contributed by atoms with E-state index in [4.69, 9.17) is 0 Å². The quantitative estimate of drug-likeness (QED) is 0.556. The maximum absolute atomic E-state index is 4.39. The van der Waals surface area contributed by atoms with Crippen molar-refractivity contribution in [1.29, 1.82) is 0 Å². The van der Waals surface area contributed by atoms with Gasteiger partial charge in [-0.2, -0.15) is 5.10 Å². The van der Waals surface area contributed by atoms with E-state index in [1.165, 1.54) is 0 Å². The Labute approximate surface area is 109 Å². The lowest BCUT2D eigenvalue weighted by molar-refractivity contribution is 1.11. The molecule has 1 radical (unpaired) electrons. The number of benzene rings is 2. The molecular formula is C16H10N3. The lowest BCUT2D eigenvalue weighted by Crippen LogP contribution is -1.85. The second-order valence-corrected chi connectivity index (χ2v) is 4.46. The highest BCUT2D eigenvalue weighted by Gasteiger charge is 2.09. The van der Waals surface area contributed by atoms with Crippen LogP contribution in [0.3, 0.4) is 0 Å². The standard InChI is InChI=1S/C16H10N3/c1-2-6-12-10-17-15(9-11(12)5-1)16-13-7-3-4-8-14(13)18-19-16/h1-9H,(H,18,19). The van der Waals surface area contributed by atoms with Gasteiger partial charge in [0.05, 0.1) is 17.4 Å². The fourth-order valence-corrected chi connectivity index (χ4v) is 2.30. The minimum absolute atomic E-state index is 0.844. The molecule has 0 saturated heterocycles. The molecule has 0 aliphatic heterocycles. The van der Waals surface area contributed by atoms with Crippen molar-refractivity contribution in [3.05, 3.63) is 60.8 Å². The summed E-state index contributed by atoms with van der Waals surface area (Å²) in [6.07, 6.45) is 3.07. The van der Waals surface area contributed by atoms with Crippen molar-refractivity contribution in [3.8, 4) is 11.4 Å². The fourth-order valence-electron chi connectivity index (χ4n) is 2.30. The van der Waals surface area contributed by atoms with Gasteiger partial charge in [0.25, 0.3) is 0 Å². The summed E-state index contributed by atoms with van der Waals surface area (Å²) in [7, 11) is 0. The van der Waals surface area contributed by atoms with Crippen LogP contribution >= 0.6 is 0 Å². The van der Waals surface area contributed by atoms with Gasteiger partial charge in [-0.15, -0.1) is 0 Å². The number of aromatic amines is 1. The number of para-hydroxylation sites is 1. The summed E-state index contributed by atoms with van der Waals surface area (Å²) < 4.78 is 0. The van der Waals surface area contributed by atoms with Crippen molar-refractivity contribution >= 4 is 21.7 Å². The lowest BCUT2D eigenvalue weighted by atomic mass is 10.1. The molecule has 0 unspecified atom stereocenters.